The van der Waals surface area contributed by atoms with Crippen LogP contribution in [0, 0.1) is 13.8 Å². The molecule has 5 rings (SSSR count). The Balaban J connectivity index is 1.50. The monoisotopic (exact) mass is 379 g/mol. The van der Waals surface area contributed by atoms with E-state index in [9.17, 15) is 5.11 Å². The van der Waals surface area contributed by atoms with Gasteiger partial charge in [-0.15, -0.1) is 11.3 Å². The third-order valence-corrected chi connectivity index (χ3v) is 6.55. The summed E-state index contributed by atoms with van der Waals surface area (Å²) in [6.07, 6.45) is 1.04. The Hall–Kier alpha value is -2.48. The van der Waals surface area contributed by atoms with Gasteiger partial charge in [0.15, 0.2) is 5.65 Å². The SMILES string of the molecule is Cc1nc2cc(C)c3c(N)c(C(O)NC4Cc5ccccc5C4)sc3n2n1. The van der Waals surface area contributed by atoms with Gasteiger partial charge < -0.3 is 10.8 Å². The Morgan fingerprint density at radius 3 is 2.67 bits per heavy atom. The molecule has 1 aliphatic carbocycles. The van der Waals surface area contributed by atoms with Gasteiger partial charge in [0.2, 0.25) is 0 Å². The lowest BCUT2D eigenvalue weighted by atomic mass is 10.1. The highest BCUT2D eigenvalue weighted by molar-refractivity contribution is 7.19. The highest BCUT2D eigenvalue weighted by atomic mass is 32.1. The molecule has 7 heteroatoms. The predicted octanol–water partition coefficient (Wildman–Crippen LogP) is 2.89. The number of aromatic nitrogens is 3. The van der Waals surface area contributed by atoms with Crippen LogP contribution in [-0.4, -0.2) is 25.7 Å². The summed E-state index contributed by atoms with van der Waals surface area (Å²) in [5.41, 5.74) is 11.6. The molecule has 0 radical (unpaired) electrons. The Labute approximate surface area is 160 Å². The van der Waals surface area contributed by atoms with Gasteiger partial charge in [-0.25, -0.2) is 9.50 Å². The van der Waals surface area contributed by atoms with Crippen molar-refractivity contribution in [3.8, 4) is 0 Å². The minimum atomic E-state index is -0.805. The summed E-state index contributed by atoms with van der Waals surface area (Å²) < 4.78 is 1.82. The molecule has 0 saturated carbocycles. The number of nitrogens with one attached hydrogen (secondary N) is 1. The number of aliphatic hydroxyl groups excluding tert-OH is 1. The number of aliphatic hydroxyl groups is 1. The second-order valence-corrected chi connectivity index (χ2v) is 8.29. The van der Waals surface area contributed by atoms with Gasteiger partial charge in [0, 0.05) is 11.4 Å². The second-order valence-electron chi connectivity index (χ2n) is 7.26. The van der Waals surface area contributed by atoms with Gasteiger partial charge >= 0.3 is 0 Å². The van der Waals surface area contributed by atoms with Crippen molar-refractivity contribution >= 4 is 32.9 Å². The second kappa shape index (κ2) is 6.02. The van der Waals surface area contributed by atoms with E-state index in [1.54, 1.807) is 0 Å². The fourth-order valence-electron chi connectivity index (χ4n) is 4.10. The molecule has 1 aromatic carbocycles. The van der Waals surface area contributed by atoms with E-state index in [-0.39, 0.29) is 6.04 Å². The first-order valence-corrected chi connectivity index (χ1v) is 9.88. The zero-order valence-corrected chi connectivity index (χ0v) is 16.0. The summed E-state index contributed by atoms with van der Waals surface area (Å²) in [6, 6.07) is 10.6. The normalized spacial score (nSPS) is 15.7. The number of hydrogen-bond acceptors (Lipinski definition) is 6. The van der Waals surface area contributed by atoms with Crippen LogP contribution in [-0.2, 0) is 12.8 Å². The quantitative estimate of drug-likeness (QED) is 0.476. The molecule has 0 fully saturated rings. The van der Waals surface area contributed by atoms with E-state index in [0.29, 0.717) is 5.69 Å². The molecule has 1 unspecified atom stereocenters. The summed E-state index contributed by atoms with van der Waals surface area (Å²) in [7, 11) is 0. The molecule has 138 valence electrons. The number of pyridine rings is 1. The molecule has 0 amide bonds. The molecule has 1 aliphatic rings. The van der Waals surface area contributed by atoms with Crippen molar-refractivity contribution in [3.63, 3.8) is 0 Å². The fraction of sp³-hybridized carbons (Fsp3) is 0.300. The van der Waals surface area contributed by atoms with Crippen LogP contribution in [0.5, 0.6) is 0 Å². The fourth-order valence-corrected chi connectivity index (χ4v) is 5.29. The summed E-state index contributed by atoms with van der Waals surface area (Å²) in [5, 5.41) is 19.7. The van der Waals surface area contributed by atoms with Crippen molar-refractivity contribution in [2.45, 2.75) is 39.0 Å². The number of aryl methyl sites for hydroxylation is 2. The maximum atomic E-state index is 10.9. The molecular weight excluding hydrogens is 358 g/mol. The van der Waals surface area contributed by atoms with E-state index >= 15 is 0 Å². The molecule has 3 heterocycles. The topological polar surface area (TPSA) is 88.5 Å². The number of thiophene rings is 1. The molecule has 0 spiro atoms. The van der Waals surface area contributed by atoms with Crippen LogP contribution in [0.1, 0.15) is 33.6 Å². The minimum Gasteiger partial charge on any atom is -0.397 e. The molecule has 0 saturated heterocycles. The average Bonchev–Trinajstić information content (AvgIpc) is 3.29. The summed E-state index contributed by atoms with van der Waals surface area (Å²) in [4.78, 5) is 6.12. The van der Waals surface area contributed by atoms with Gasteiger partial charge in [-0.05, 0) is 49.4 Å². The van der Waals surface area contributed by atoms with E-state index in [0.717, 1.165) is 45.0 Å². The summed E-state index contributed by atoms with van der Waals surface area (Å²) >= 11 is 1.48. The van der Waals surface area contributed by atoms with Crippen LogP contribution < -0.4 is 11.1 Å². The van der Waals surface area contributed by atoms with Crippen LogP contribution in [0.2, 0.25) is 0 Å². The van der Waals surface area contributed by atoms with Gasteiger partial charge in [-0.3, -0.25) is 5.32 Å². The van der Waals surface area contributed by atoms with Crippen LogP contribution in [0.3, 0.4) is 0 Å². The van der Waals surface area contributed by atoms with Crippen molar-refractivity contribution in [2.24, 2.45) is 0 Å². The number of hydrogen-bond donors (Lipinski definition) is 3. The molecular formula is C20H21N5OS. The molecule has 6 nitrogen and oxygen atoms in total. The van der Waals surface area contributed by atoms with Crippen molar-refractivity contribution in [1.29, 1.82) is 0 Å². The lowest BCUT2D eigenvalue weighted by Gasteiger charge is -2.17. The molecule has 4 aromatic rings. The Morgan fingerprint density at radius 2 is 1.96 bits per heavy atom. The van der Waals surface area contributed by atoms with Gasteiger partial charge in [-0.2, -0.15) is 5.10 Å². The van der Waals surface area contributed by atoms with Gasteiger partial charge in [0.25, 0.3) is 0 Å². The van der Waals surface area contributed by atoms with Crippen molar-refractivity contribution in [3.05, 3.63) is 57.7 Å². The smallest absolute Gasteiger partial charge is 0.157 e. The molecule has 27 heavy (non-hydrogen) atoms. The number of benzene rings is 1. The van der Waals surface area contributed by atoms with Crippen molar-refractivity contribution in [2.75, 3.05) is 5.73 Å². The molecule has 3 aromatic heterocycles. The lowest BCUT2D eigenvalue weighted by molar-refractivity contribution is 0.128. The summed E-state index contributed by atoms with van der Waals surface area (Å²) in [5.74, 6) is 0.720. The first-order valence-electron chi connectivity index (χ1n) is 9.07. The van der Waals surface area contributed by atoms with Crippen LogP contribution in [0.4, 0.5) is 5.69 Å². The number of rotatable bonds is 3. The maximum Gasteiger partial charge on any atom is 0.157 e. The van der Waals surface area contributed by atoms with E-state index in [1.165, 1.54) is 22.5 Å². The standard InChI is InChI=1S/C20H21N5OS/c1-10-7-15-22-11(2)24-25(15)20-16(10)17(21)18(27-20)19(26)23-14-8-12-5-3-4-6-13(12)9-14/h3-7,14,19,23,26H,8-9,21H2,1-2H3. The number of fused-ring (bicyclic) bond motifs is 4. The van der Waals surface area contributed by atoms with E-state index in [2.05, 4.69) is 39.7 Å². The Morgan fingerprint density at radius 1 is 1.26 bits per heavy atom. The first-order chi connectivity index (χ1) is 13.0. The van der Waals surface area contributed by atoms with Crippen LogP contribution >= 0.6 is 11.3 Å². The Kier molecular flexibility index (Phi) is 3.72. The number of nitrogens with two attached hydrogens (primary N) is 1. The maximum absolute atomic E-state index is 10.9. The summed E-state index contributed by atoms with van der Waals surface area (Å²) in [6.45, 7) is 3.90. The number of nitrogen functional groups attached to an aromatic ring is 1. The van der Waals surface area contributed by atoms with Crippen molar-refractivity contribution in [1.82, 2.24) is 19.9 Å². The minimum absolute atomic E-state index is 0.205. The average molecular weight is 379 g/mol. The Bertz CT molecular complexity index is 1150. The van der Waals surface area contributed by atoms with Crippen molar-refractivity contribution < 1.29 is 5.11 Å². The predicted molar refractivity (Wildman–Crippen MR) is 108 cm³/mol. The van der Waals surface area contributed by atoms with E-state index in [1.807, 2.05) is 24.4 Å². The number of anilines is 1. The third-order valence-electron chi connectivity index (χ3n) is 5.32. The molecule has 4 N–H and O–H groups in total. The lowest BCUT2D eigenvalue weighted by Crippen LogP contribution is -2.33. The third kappa shape index (κ3) is 2.62. The molecule has 0 bridgehead atoms. The largest absolute Gasteiger partial charge is 0.397 e. The van der Waals surface area contributed by atoms with E-state index in [4.69, 9.17) is 5.73 Å². The molecule has 0 aliphatic heterocycles. The van der Waals surface area contributed by atoms with Gasteiger partial charge in [-0.1, -0.05) is 24.3 Å². The van der Waals surface area contributed by atoms with Crippen LogP contribution in [0.25, 0.3) is 15.9 Å². The van der Waals surface area contributed by atoms with Gasteiger partial charge in [0.1, 0.15) is 16.9 Å². The number of nitrogens with zero attached hydrogens (tertiary/aromatic N) is 3. The highest BCUT2D eigenvalue weighted by Gasteiger charge is 2.26. The van der Waals surface area contributed by atoms with Crippen LogP contribution in [0.15, 0.2) is 30.3 Å². The molecule has 1 atom stereocenters. The zero-order chi connectivity index (χ0) is 18.7. The zero-order valence-electron chi connectivity index (χ0n) is 15.2. The highest BCUT2D eigenvalue weighted by Crippen LogP contribution is 2.39. The van der Waals surface area contributed by atoms with Gasteiger partial charge in [0.05, 0.1) is 10.6 Å². The van der Waals surface area contributed by atoms with E-state index < -0.39 is 6.23 Å². The first kappa shape index (κ1) is 16.7.